The van der Waals surface area contributed by atoms with Gasteiger partial charge < -0.3 is 10.4 Å². The molecule has 0 bridgehead atoms. The normalized spacial score (nSPS) is 21.8. The zero-order valence-electron chi connectivity index (χ0n) is 12.7. The van der Waals surface area contributed by atoms with E-state index in [0.29, 0.717) is 32.2 Å². The van der Waals surface area contributed by atoms with Crippen molar-refractivity contribution in [2.45, 2.75) is 46.1 Å². The molecule has 1 aliphatic carbocycles. The first-order valence-corrected chi connectivity index (χ1v) is 7.54. The molecule has 0 aromatic heterocycles. The van der Waals surface area contributed by atoms with E-state index < -0.39 is 5.97 Å². The smallest absolute Gasteiger partial charge is 0.306 e. The molecule has 1 saturated carbocycles. The third-order valence-electron chi connectivity index (χ3n) is 4.40. The first-order valence-electron chi connectivity index (χ1n) is 7.54. The van der Waals surface area contributed by atoms with E-state index in [1.807, 2.05) is 19.1 Å². The van der Waals surface area contributed by atoms with Gasteiger partial charge in [-0.15, -0.1) is 0 Å². The highest BCUT2D eigenvalue weighted by Gasteiger charge is 2.29. The summed E-state index contributed by atoms with van der Waals surface area (Å²) in [5, 5.41) is 12.0. The summed E-state index contributed by atoms with van der Waals surface area (Å²) in [5.74, 6) is -0.984. The van der Waals surface area contributed by atoms with E-state index in [1.165, 1.54) is 11.1 Å². The summed E-state index contributed by atoms with van der Waals surface area (Å²) in [5.41, 5.74) is 3.53. The molecule has 2 rings (SSSR count). The number of nitrogens with one attached hydrogen (secondary N) is 1. The standard InChI is InChI=1S/C17H23NO3/c1-11-3-4-15(12(2)9-11)10-18-16(19)13-5-7-14(8-6-13)17(20)21/h3-4,9,13-14H,5-8,10H2,1-2H3,(H,18,19)(H,20,21). The number of carbonyl (C=O) groups excluding carboxylic acids is 1. The van der Waals surface area contributed by atoms with Gasteiger partial charge in [0.1, 0.15) is 0 Å². The van der Waals surface area contributed by atoms with Gasteiger partial charge in [-0.25, -0.2) is 0 Å². The monoisotopic (exact) mass is 289 g/mol. The number of aryl methyl sites for hydroxylation is 2. The van der Waals surface area contributed by atoms with Crippen molar-refractivity contribution >= 4 is 11.9 Å². The Kier molecular flexibility index (Phi) is 4.99. The second kappa shape index (κ2) is 6.74. The SMILES string of the molecule is Cc1ccc(CNC(=O)C2CCC(C(=O)O)CC2)c(C)c1. The van der Waals surface area contributed by atoms with E-state index in [-0.39, 0.29) is 17.7 Å². The van der Waals surface area contributed by atoms with Crippen LogP contribution in [-0.4, -0.2) is 17.0 Å². The molecule has 2 N–H and O–H groups in total. The van der Waals surface area contributed by atoms with Gasteiger partial charge in [0.05, 0.1) is 5.92 Å². The lowest BCUT2D eigenvalue weighted by Gasteiger charge is -2.25. The number of carbonyl (C=O) groups is 2. The fourth-order valence-corrected chi connectivity index (χ4v) is 2.97. The Morgan fingerprint density at radius 3 is 2.33 bits per heavy atom. The number of benzene rings is 1. The van der Waals surface area contributed by atoms with Gasteiger partial charge in [-0.3, -0.25) is 9.59 Å². The summed E-state index contributed by atoms with van der Waals surface area (Å²) in [4.78, 5) is 23.1. The highest BCUT2D eigenvalue weighted by atomic mass is 16.4. The lowest BCUT2D eigenvalue weighted by atomic mass is 9.81. The van der Waals surface area contributed by atoms with Crippen molar-refractivity contribution in [3.63, 3.8) is 0 Å². The topological polar surface area (TPSA) is 66.4 Å². The molecule has 0 radical (unpaired) electrons. The van der Waals surface area contributed by atoms with Crippen molar-refractivity contribution in [1.82, 2.24) is 5.32 Å². The molecule has 1 fully saturated rings. The van der Waals surface area contributed by atoms with Gasteiger partial charge in [0.2, 0.25) is 5.91 Å². The van der Waals surface area contributed by atoms with Crippen molar-refractivity contribution in [3.05, 3.63) is 34.9 Å². The maximum absolute atomic E-state index is 12.2. The van der Waals surface area contributed by atoms with Gasteiger partial charge in [-0.2, -0.15) is 0 Å². The van der Waals surface area contributed by atoms with Gasteiger partial charge in [0.25, 0.3) is 0 Å². The molecular formula is C17H23NO3. The van der Waals surface area contributed by atoms with Crippen LogP contribution in [0.25, 0.3) is 0 Å². The van der Waals surface area contributed by atoms with E-state index in [0.717, 1.165) is 5.56 Å². The number of aliphatic carboxylic acids is 1. The summed E-state index contributed by atoms with van der Waals surface area (Å²) < 4.78 is 0. The predicted octanol–water partition coefficient (Wildman–Crippen LogP) is 2.81. The maximum atomic E-state index is 12.2. The molecule has 0 atom stereocenters. The summed E-state index contributed by atoms with van der Waals surface area (Å²) in [6, 6.07) is 6.21. The van der Waals surface area contributed by atoms with Gasteiger partial charge in [0, 0.05) is 12.5 Å². The van der Waals surface area contributed by atoms with E-state index in [4.69, 9.17) is 5.11 Å². The van der Waals surface area contributed by atoms with Crippen LogP contribution in [-0.2, 0) is 16.1 Å². The molecule has 1 amide bonds. The van der Waals surface area contributed by atoms with Crippen molar-refractivity contribution in [3.8, 4) is 0 Å². The number of hydrogen-bond acceptors (Lipinski definition) is 2. The molecule has 0 unspecified atom stereocenters. The number of amides is 1. The average molecular weight is 289 g/mol. The largest absolute Gasteiger partial charge is 0.481 e. The van der Waals surface area contributed by atoms with E-state index in [2.05, 4.69) is 18.3 Å². The van der Waals surface area contributed by atoms with Crippen LogP contribution in [0.5, 0.6) is 0 Å². The Labute approximate surface area is 125 Å². The number of carboxylic acids is 1. The van der Waals surface area contributed by atoms with Gasteiger partial charge in [-0.05, 0) is 50.7 Å². The summed E-state index contributed by atoms with van der Waals surface area (Å²) >= 11 is 0. The van der Waals surface area contributed by atoms with Crippen LogP contribution >= 0.6 is 0 Å². The molecule has 4 heteroatoms. The molecule has 1 aromatic carbocycles. The molecule has 4 nitrogen and oxygen atoms in total. The minimum atomic E-state index is -0.732. The van der Waals surface area contributed by atoms with E-state index in [9.17, 15) is 9.59 Å². The van der Waals surface area contributed by atoms with Crippen molar-refractivity contribution in [1.29, 1.82) is 0 Å². The predicted molar refractivity (Wildman–Crippen MR) is 80.8 cm³/mol. The fraction of sp³-hybridized carbons (Fsp3) is 0.529. The Morgan fingerprint density at radius 1 is 1.14 bits per heavy atom. The Bertz CT molecular complexity index is 531. The molecule has 0 aliphatic heterocycles. The van der Waals surface area contributed by atoms with Crippen LogP contribution in [0, 0.1) is 25.7 Å². The summed E-state index contributed by atoms with van der Waals surface area (Å²) in [7, 11) is 0. The minimum absolute atomic E-state index is 0.0358. The van der Waals surface area contributed by atoms with Crippen LogP contribution in [0.15, 0.2) is 18.2 Å². The van der Waals surface area contributed by atoms with E-state index in [1.54, 1.807) is 0 Å². The zero-order chi connectivity index (χ0) is 15.4. The molecule has 1 aromatic rings. The van der Waals surface area contributed by atoms with Crippen LogP contribution in [0.2, 0.25) is 0 Å². The van der Waals surface area contributed by atoms with Crippen LogP contribution in [0.4, 0.5) is 0 Å². The van der Waals surface area contributed by atoms with Crippen molar-refractivity contribution in [2.75, 3.05) is 0 Å². The fourth-order valence-electron chi connectivity index (χ4n) is 2.97. The first kappa shape index (κ1) is 15.5. The summed E-state index contributed by atoms with van der Waals surface area (Å²) in [6.45, 7) is 4.65. The van der Waals surface area contributed by atoms with Gasteiger partial charge >= 0.3 is 5.97 Å². The molecule has 0 saturated heterocycles. The highest BCUT2D eigenvalue weighted by molar-refractivity contribution is 5.79. The third kappa shape index (κ3) is 4.06. The number of hydrogen-bond donors (Lipinski definition) is 2. The first-order chi connectivity index (χ1) is 9.97. The second-order valence-corrected chi connectivity index (χ2v) is 6.03. The van der Waals surface area contributed by atoms with Crippen LogP contribution in [0.3, 0.4) is 0 Å². The summed E-state index contributed by atoms with van der Waals surface area (Å²) in [6.07, 6.45) is 2.57. The Morgan fingerprint density at radius 2 is 1.76 bits per heavy atom. The van der Waals surface area contributed by atoms with Crippen LogP contribution < -0.4 is 5.32 Å². The Hall–Kier alpha value is -1.84. The van der Waals surface area contributed by atoms with Gasteiger partial charge in [0.15, 0.2) is 0 Å². The molecule has 0 heterocycles. The van der Waals surface area contributed by atoms with Crippen LogP contribution in [0.1, 0.15) is 42.4 Å². The van der Waals surface area contributed by atoms with Gasteiger partial charge in [-0.1, -0.05) is 23.8 Å². The van der Waals surface area contributed by atoms with E-state index >= 15 is 0 Å². The Balaban J connectivity index is 1.84. The molecule has 21 heavy (non-hydrogen) atoms. The molecule has 0 spiro atoms. The van der Waals surface area contributed by atoms with Crippen molar-refractivity contribution in [2.24, 2.45) is 11.8 Å². The minimum Gasteiger partial charge on any atom is -0.481 e. The lowest BCUT2D eigenvalue weighted by Crippen LogP contribution is -2.34. The maximum Gasteiger partial charge on any atom is 0.306 e. The van der Waals surface area contributed by atoms with Crippen molar-refractivity contribution < 1.29 is 14.7 Å². The molecular weight excluding hydrogens is 266 g/mol. The number of rotatable bonds is 4. The molecule has 1 aliphatic rings. The lowest BCUT2D eigenvalue weighted by molar-refractivity contribution is -0.144. The molecule has 114 valence electrons. The highest BCUT2D eigenvalue weighted by Crippen LogP contribution is 2.29. The zero-order valence-corrected chi connectivity index (χ0v) is 12.7. The second-order valence-electron chi connectivity index (χ2n) is 6.03. The number of carboxylic acid groups (broad SMARTS) is 1. The quantitative estimate of drug-likeness (QED) is 0.895. The average Bonchev–Trinajstić information content (AvgIpc) is 2.46. The third-order valence-corrected chi connectivity index (χ3v) is 4.40.